The first-order chi connectivity index (χ1) is 5.67. The van der Waals surface area contributed by atoms with Gasteiger partial charge in [-0.1, -0.05) is 45.1 Å². The third kappa shape index (κ3) is 3.20. The standard InChI is InChI=1S/C10H19NO/c1-5-7-9(6-2)10(11-12)8(3)4/h5,7-8,10-12H,1,6H2,2-4H3/b9-7+/t10-/m0/s1. The summed E-state index contributed by atoms with van der Waals surface area (Å²) in [5.41, 5.74) is 3.50. The molecule has 1 atom stereocenters. The fourth-order valence-corrected chi connectivity index (χ4v) is 1.25. The topological polar surface area (TPSA) is 32.3 Å². The normalized spacial score (nSPS) is 14.9. The third-order valence-electron chi connectivity index (χ3n) is 1.95. The van der Waals surface area contributed by atoms with E-state index in [9.17, 15) is 0 Å². The van der Waals surface area contributed by atoms with Gasteiger partial charge in [-0.25, -0.2) is 0 Å². The zero-order chi connectivity index (χ0) is 9.56. The summed E-state index contributed by atoms with van der Waals surface area (Å²) in [6.45, 7) is 9.85. The molecule has 0 heterocycles. The van der Waals surface area contributed by atoms with Crippen molar-refractivity contribution < 1.29 is 5.21 Å². The van der Waals surface area contributed by atoms with Crippen LogP contribution < -0.4 is 5.48 Å². The Morgan fingerprint density at radius 3 is 2.42 bits per heavy atom. The van der Waals surface area contributed by atoms with Crippen molar-refractivity contribution in [3.8, 4) is 0 Å². The molecule has 0 bridgehead atoms. The number of rotatable bonds is 5. The van der Waals surface area contributed by atoms with E-state index in [1.54, 1.807) is 6.08 Å². The molecule has 0 fully saturated rings. The molecule has 0 rings (SSSR count). The SMILES string of the molecule is C=C/C=C(\CC)[C@@H](NO)C(C)C. The van der Waals surface area contributed by atoms with Gasteiger partial charge >= 0.3 is 0 Å². The fraction of sp³-hybridized carbons (Fsp3) is 0.600. The molecule has 0 saturated heterocycles. The van der Waals surface area contributed by atoms with Crippen LogP contribution >= 0.6 is 0 Å². The quantitative estimate of drug-likeness (QED) is 0.489. The van der Waals surface area contributed by atoms with Crippen LogP contribution in [0.4, 0.5) is 0 Å². The summed E-state index contributed by atoms with van der Waals surface area (Å²) in [5, 5.41) is 8.90. The van der Waals surface area contributed by atoms with Crippen LogP contribution in [0.5, 0.6) is 0 Å². The average Bonchev–Trinajstić information content (AvgIpc) is 2.03. The number of hydrogen-bond donors (Lipinski definition) is 2. The highest BCUT2D eigenvalue weighted by Crippen LogP contribution is 2.14. The minimum absolute atomic E-state index is 0.0491. The lowest BCUT2D eigenvalue weighted by molar-refractivity contribution is 0.119. The number of allylic oxidation sites excluding steroid dienone is 2. The van der Waals surface area contributed by atoms with E-state index in [1.165, 1.54) is 5.57 Å². The number of hydrogen-bond acceptors (Lipinski definition) is 2. The predicted octanol–water partition coefficient (Wildman–Crippen LogP) is 2.51. The Kier molecular flexibility index (Phi) is 5.68. The van der Waals surface area contributed by atoms with Crippen molar-refractivity contribution >= 4 is 0 Å². The molecule has 2 nitrogen and oxygen atoms in total. The van der Waals surface area contributed by atoms with Crippen LogP contribution in [0.15, 0.2) is 24.3 Å². The summed E-state index contributed by atoms with van der Waals surface area (Å²) in [6.07, 6.45) is 4.64. The largest absolute Gasteiger partial charge is 0.316 e. The third-order valence-corrected chi connectivity index (χ3v) is 1.95. The molecule has 0 aromatic rings. The van der Waals surface area contributed by atoms with Crippen molar-refractivity contribution in [3.05, 3.63) is 24.3 Å². The van der Waals surface area contributed by atoms with Crippen LogP contribution in [0.25, 0.3) is 0 Å². The maximum absolute atomic E-state index is 8.90. The Morgan fingerprint density at radius 1 is 1.58 bits per heavy atom. The van der Waals surface area contributed by atoms with Crippen LogP contribution in [0.2, 0.25) is 0 Å². The molecule has 0 aromatic carbocycles. The summed E-state index contributed by atoms with van der Waals surface area (Å²) >= 11 is 0. The summed E-state index contributed by atoms with van der Waals surface area (Å²) < 4.78 is 0. The van der Waals surface area contributed by atoms with Gasteiger partial charge < -0.3 is 5.21 Å². The molecule has 0 spiro atoms. The lowest BCUT2D eigenvalue weighted by atomic mass is 9.94. The second kappa shape index (κ2) is 5.98. The lowest BCUT2D eigenvalue weighted by Crippen LogP contribution is -2.32. The number of hydroxylamine groups is 1. The van der Waals surface area contributed by atoms with E-state index in [0.29, 0.717) is 5.92 Å². The highest BCUT2D eigenvalue weighted by molar-refractivity contribution is 5.16. The number of nitrogens with one attached hydrogen (secondary N) is 1. The van der Waals surface area contributed by atoms with Crippen molar-refractivity contribution in [1.82, 2.24) is 5.48 Å². The maximum atomic E-state index is 8.90. The van der Waals surface area contributed by atoms with Gasteiger partial charge in [-0.2, -0.15) is 5.48 Å². The molecule has 0 saturated carbocycles. The second-order valence-electron chi connectivity index (χ2n) is 3.18. The van der Waals surface area contributed by atoms with Crippen LogP contribution in [-0.2, 0) is 0 Å². The van der Waals surface area contributed by atoms with E-state index < -0.39 is 0 Å². The molecule has 2 N–H and O–H groups in total. The Bertz CT molecular complexity index is 161. The molecule has 2 heteroatoms. The van der Waals surface area contributed by atoms with Crippen LogP contribution in [0.1, 0.15) is 27.2 Å². The minimum Gasteiger partial charge on any atom is -0.316 e. The molecule has 0 amide bonds. The van der Waals surface area contributed by atoms with Gasteiger partial charge in [0.15, 0.2) is 0 Å². The predicted molar refractivity (Wildman–Crippen MR) is 52.1 cm³/mol. The van der Waals surface area contributed by atoms with Crippen LogP contribution in [0.3, 0.4) is 0 Å². The fourth-order valence-electron chi connectivity index (χ4n) is 1.25. The van der Waals surface area contributed by atoms with Crippen molar-refractivity contribution in [2.45, 2.75) is 33.2 Å². The second-order valence-corrected chi connectivity index (χ2v) is 3.18. The van der Waals surface area contributed by atoms with Crippen molar-refractivity contribution in [1.29, 1.82) is 0 Å². The molecular formula is C10H19NO. The molecule has 12 heavy (non-hydrogen) atoms. The van der Waals surface area contributed by atoms with Gasteiger partial charge in [0.2, 0.25) is 0 Å². The van der Waals surface area contributed by atoms with Crippen molar-refractivity contribution in [3.63, 3.8) is 0 Å². The van der Waals surface area contributed by atoms with Gasteiger partial charge in [0, 0.05) is 0 Å². The van der Waals surface area contributed by atoms with E-state index in [4.69, 9.17) is 5.21 Å². The Hall–Kier alpha value is -0.600. The molecule has 0 aliphatic heterocycles. The summed E-state index contributed by atoms with van der Waals surface area (Å²) in [7, 11) is 0. The zero-order valence-electron chi connectivity index (χ0n) is 8.17. The van der Waals surface area contributed by atoms with E-state index in [1.807, 2.05) is 6.08 Å². The van der Waals surface area contributed by atoms with Gasteiger partial charge in [-0.15, -0.1) is 0 Å². The summed E-state index contributed by atoms with van der Waals surface area (Å²) in [6, 6.07) is 0.0491. The Morgan fingerprint density at radius 2 is 2.17 bits per heavy atom. The first-order valence-corrected chi connectivity index (χ1v) is 4.38. The smallest absolute Gasteiger partial charge is 0.0554 e. The van der Waals surface area contributed by atoms with E-state index in [-0.39, 0.29) is 6.04 Å². The Balaban J connectivity index is 4.43. The molecule has 0 aromatic heterocycles. The average molecular weight is 169 g/mol. The monoisotopic (exact) mass is 169 g/mol. The summed E-state index contributed by atoms with van der Waals surface area (Å²) in [5.74, 6) is 0.390. The van der Waals surface area contributed by atoms with Crippen LogP contribution in [-0.4, -0.2) is 11.2 Å². The van der Waals surface area contributed by atoms with Gasteiger partial charge in [0.1, 0.15) is 0 Å². The first kappa shape index (κ1) is 11.4. The molecular weight excluding hydrogens is 150 g/mol. The highest BCUT2D eigenvalue weighted by atomic mass is 16.5. The first-order valence-electron chi connectivity index (χ1n) is 4.38. The van der Waals surface area contributed by atoms with Crippen molar-refractivity contribution in [2.24, 2.45) is 5.92 Å². The maximum Gasteiger partial charge on any atom is 0.0554 e. The highest BCUT2D eigenvalue weighted by Gasteiger charge is 2.14. The minimum atomic E-state index is 0.0491. The lowest BCUT2D eigenvalue weighted by Gasteiger charge is -2.21. The molecule has 0 aliphatic rings. The van der Waals surface area contributed by atoms with E-state index >= 15 is 0 Å². The molecule has 0 unspecified atom stereocenters. The van der Waals surface area contributed by atoms with Crippen LogP contribution in [0, 0.1) is 5.92 Å². The van der Waals surface area contributed by atoms with Gasteiger partial charge in [0.05, 0.1) is 6.04 Å². The van der Waals surface area contributed by atoms with Gasteiger partial charge in [0.25, 0.3) is 0 Å². The molecule has 70 valence electrons. The van der Waals surface area contributed by atoms with Crippen molar-refractivity contribution in [2.75, 3.05) is 0 Å². The van der Waals surface area contributed by atoms with Gasteiger partial charge in [-0.3, -0.25) is 0 Å². The van der Waals surface area contributed by atoms with E-state index in [0.717, 1.165) is 6.42 Å². The zero-order valence-corrected chi connectivity index (χ0v) is 8.17. The Labute approximate surface area is 74.9 Å². The molecule has 0 radical (unpaired) electrons. The van der Waals surface area contributed by atoms with Gasteiger partial charge in [-0.05, 0) is 12.3 Å². The summed E-state index contributed by atoms with van der Waals surface area (Å²) in [4.78, 5) is 0. The van der Waals surface area contributed by atoms with E-state index in [2.05, 4.69) is 32.8 Å². The molecule has 0 aliphatic carbocycles.